The van der Waals surface area contributed by atoms with Crippen LogP contribution < -0.4 is 0 Å². The van der Waals surface area contributed by atoms with Gasteiger partial charge in [0.1, 0.15) is 4.34 Å². The Balaban J connectivity index is 2.19. The van der Waals surface area contributed by atoms with Gasteiger partial charge in [0.25, 0.3) is 0 Å². The number of hydrogen-bond acceptors (Lipinski definition) is 4. The van der Waals surface area contributed by atoms with Gasteiger partial charge in [-0.1, -0.05) is 46.6 Å². The molecule has 0 aliphatic rings. The van der Waals surface area contributed by atoms with Crippen molar-refractivity contribution in [2.75, 3.05) is 5.75 Å². The molecule has 0 bridgehead atoms. The summed E-state index contributed by atoms with van der Waals surface area (Å²) < 4.78 is 1.13. The lowest BCUT2D eigenvalue weighted by atomic mass is 10.2. The fraction of sp³-hybridized carbons (Fsp3) is 0.214. The Bertz CT molecular complexity index is 632. The molecule has 6 heteroatoms. The molecule has 0 saturated heterocycles. The lowest BCUT2D eigenvalue weighted by molar-refractivity contribution is 0.319. The van der Waals surface area contributed by atoms with Crippen LogP contribution >= 0.6 is 46.3 Å². The molecule has 1 N–H and O–H groups in total. The van der Waals surface area contributed by atoms with Crippen LogP contribution in [0.25, 0.3) is 0 Å². The number of benzene rings is 1. The first-order chi connectivity index (χ1) is 9.52. The lowest BCUT2D eigenvalue weighted by Gasteiger charge is -2.09. The quantitative estimate of drug-likeness (QED) is 0.336. The van der Waals surface area contributed by atoms with Crippen molar-refractivity contribution in [3.05, 3.63) is 49.6 Å². The number of rotatable bonds is 4. The molecule has 0 fully saturated rings. The predicted octanol–water partition coefficient (Wildman–Crippen LogP) is 5.64. The van der Waals surface area contributed by atoms with Crippen LogP contribution in [0.15, 0.2) is 34.3 Å². The van der Waals surface area contributed by atoms with Crippen LogP contribution in [-0.4, -0.2) is 16.7 Å². The number of aryl methyl sites for hydroxylation is 2. The summed E-state index contributed by atoms with van der Waals surface area (Å²) in [5.41, 5.74) is 3.65. The summed E-state index contributed by atoms with van der Waals surface area (Å²) in [7, 11) is 0. The van der Waals surface area contributed by atoms with Crippen molar-refractivity contribution >= 4 is 52.0 Å². The van der Waals surface area contributed by atoms with Crippen LogP contribution in [0.4, 0.5) is 0 Å². The van der Waals surface area contributed by atoms with E-state index in [-0.39, 0.29) is 0 Å². The molecule has 0 amide bonds. The molecule has 2 nitrogen and oxygen atoms in total. The van der Waals surface area contributed by atoms with Crippen molar-refractivity contribution in [1.82, 2.24) is 0 Å². The molecule has 106 valence electrons. The smallest absolute Gasteiger partial charge is 0.104 e. The summed E-state index contributed by atoms with van der Waals surface area (Å²) in [6.45, 7) is 4.14. The third kappa shape index (κ3) is 3.50. The minimum Gasteiger partial charge on any atom is -0.411 e. The minimum absolute atomic E-state index is 0.533. The van der Waals surface area contributed by atoms with Gasteiger partial charge < -0.3 is 5.21 Å². The zero-order valence-electron chi connectivity index (χ0n) is 11.0. The number of halogens is 2. The summed E-state index contributed by atoms with van der Waals surface area (Å²) in [5.74, 6) is 0.537. The maximum Gasteiger partial charge on any atom is 0.104 e. The molecule has 2 rings (SSSR count). The van der Waals surface area contributed by atoms with Crippen LogP contribution in [0, 0.1) is 13.8 Å². The highest BCUT2D eigenvalue weighted by molar-refractivity contribution is 8.00. The minimum atomic E-state index is 0.533. The molecule has 0 radical (unpaired) electrons. The van der Waals surface area contributed by atoms with Crippen molar-refractivity contribution in [2.24, 2.45) is 5.16 Å². The van der Waals surface area contributed by atoms with Crippen LogP contribution in [0.1, 0.15) is 16.7 Å². The topological polar surface area (TPSA) is 32.6 Å². The Morgan fingerprint density at radius 3 is 2.45 bits per heavy atom. The van der Waals surface area contributed by atoms with E-state index in [9.17, 15) is 5.21 Å². The molecule has 0 aliphatic heterocycles. The van der Waals surface area contributed by atoms with E-state index in [1.165, 1.54) is 27.4 Å². The van der Waals surface area contributed by atoms with Gasteiger partial charge in [-0.25, -0.2) is 0 Å². The largest absolute Gasteiger partial charge is 0.411 e. The van der Waals surface area contributed by atoms with Gasteiger partial charge in [0.2, 0.25) is 0 Å². The van der Waals surface area contributed by atoms with Gasteiger partial charge in [-0.05, 0) is 31.0 Å². The maximum absolute atomic E-state index is 9.21. The lowest BCUT2D eigenvalue weighted by Crippen LogP contribution is -2.04. The Labute approximate surface area is 136 Å². The molecule has 0 unspecified atom stereocenters. The Morgan fingerprint density at radius 2 is 1.95 bits per heavy atom. The second-order valence-electron chi connectivity index (χ2n) is 4.29. The van der Waals surface area contributed by atoms with Gasteiger partial charge in [-0.3, -0.25) is 0 Å². The third-order valence-corrected chi connectivity index (χ3v) is 5.69. The molecule has 0 saturated carbocycles. The molecule has 0 spiro atoms. The van der Waals surface area contributed by atoms with E-state index in [1.807, 2.05) is 6.07 Å². The van der Waals surface area contributed by atoms with Crippen LogP contribution in [0.3, 0.4) is 0 Å². The number of thioether (sulfide) groups is 1. The summed E-state index contributed by atoms with van der Waals surface area (Å²) >= 11 is 14.9. The summed E-state index contributed by atoms with van der Waals surface area (Å²) in [5, 5.41) is 12.6. The average Bonchev–Trinajstić information content (AvgIpc) is 2.72. The van der Waals surface area contributed by atoms with Crippen molar-refractivity contribution in [3.8, 4) is 0 Å². The summed E-state index contributed by atoms with van der Waals surface area (Å²) in [4.78, 5) is 1.20. The molecular formula is C14H13Cl2NOS2. The van der Waals surface area contributed by atoms with Gasteiger partial charge >= 0.3 is 0 Å². The zero-order chi connectivity index (χ0) is 14.7. The number of thiophene rings is 1. The van der Waals surface area contributed by atoms with Crippen LogP contribution in [-0.2, 0) is 0 Å². The van der Waals surface area contributed by atoms with E-state index in [0.717, 1.165) is 0 Å². The highest BCUT2D eigenvalue weighted by atomic mass is 35.5. The predicted molar refractivity (Wildman–Crippen MR) is 89.3 cm³/mol. The number of nitrogens with zero attached hydrogens (tertiary/aromatic N) is 1. The van der Waals surface area contributed by atoms with E-state index in [2.05, 4.69) is 31.1 Å². The highest BCUT2D eigenvalue weighted by Gasteiger charge is 2.14. The standard InChI is InChI=1S/C14H13Cl2NOS2/c1-8-4-3-5-9(2)13(8)19-7-11(17-18)10-6-12(15)20-14(10)16/h3-6,18H,7H2,1-2H3/b17-11-. The van der Waals surface area contributed by atoms with Gasteiger partial charge in [0.15, 0.2) is 0 Å². The molecule has 20 heavy (non-hydrogen) atoms. The van der Waals surface area contributed by atoms with Gasteiger partial charge in [-0.15, -0.1) is 23.1 Å². The van der Waals surface area contributed by atoms with Crippen molar-refractivity contribution in [2.45, 2.75) is 18.7 Å². The second kappa shape index (κ2) is 6.85. The molecule has 1 aromatic carbocycles. The fourth-order valence-electron chi connectivity index (χ4n) is 1.86. The zero-order valence-corrected chi connectivity index (χ0v) is 14.1. The molecule has 0 aliphatic carbocycles. The normalized spacial score (nSPS) is 11.9. The van der Waals surface area contributed by atoms with Crippen LogP contribution in [0.5, 0.6) is 0 Å². The average molecular weight is 346 g/mol. The maximum atomic E-state index is 9.21. The van der Waals surface area contributed by atoms with Gasteiger partial charge in [-0.2, -0.15) is 0 Å². The molecule has 1 aromatic heterocycles. The van der Waals surface area contributed by atoms with E-state index in [4.69, 9.17) is 23.2 Å². The van der Waals surface area contributed by atoms with Crippen LogP contribution in [0.2, 0.25) is 8.67 Å². The molecule has 1 heterocycles. The first-order valence-corrected chi connectivity index (χ1v) is 8.44. The van der Waals surface area contributed by atoms with E-state index in [1.54, 1.807) is 17.8 Å². The third-order valence-electron chi connectivity index (χ3n) is 2.85. The summed E-state index contributed by atoms with van der Waals surface area (Å²) in [6, 6.07) is 7.90. The van der Waals surface area contributed by atoms with Crippen molar-refractivity contribution < 1.29 is 5.21 Å². The second-order valence-corrected chi connectivity index (χ2v) is 7.57. The highest BCUT2D eigenvalue weighted by Crippen LogP contribution is 2.33. The number of oxime groups is 1. The molecule has 0 atom stereocenters. The Hall–Kier alpha value is -0.680. The Morgan fingerprint density at radius 1 is 1.30 bits per heavy atom. The van der Waals surface area contributed by atoms with E-state index < -0.39 is 0 Å². The number of hydrogen-bond donors (Lipinski definition) is 1. The molecular weight excluding hydrogens is 333 g/mol. The van der Waals surface area contributed by atoms with Crippen molar-refractivity contribution in [3.63, 3.8) is 0 Å². The van der Waals surface area contributed by atoms with E-state index in [0.29, 0.717) is 25.7 Å². The SMILES string of the molecule is Cc1cccc(C)c1SC/C(=N/O)c1cc(Cl)sc1Cl. The first-order valence-electron chi connectivity index (χ1n) is 5.88. The first kappa shape index (κ1) is 15.7. The Kier molecular flexibility index (Phi) is 5.38. The monoisotopic (exact) mass is 345 g/mol. The fourth-order valence-corrected chi connectivity index (χ4v) is 4.46. The van der Waals surface area contributed by atoms with Gasteiger partial charge in [0, 0.05) is 16.2 Å². The van der Waals surface area contributed by atoms with E-state index >= 15 is 0 Å². The van der Waals surface area contributed by atoms with Gasteiger partial charge in [0.05, 0.1) is 10.0 Å². The van der Waals surface area contributed by atoms with Crippen molar-refractivity contribution in [1.29, 1.82) is 0 Å². The summed E-state index contributed by atoms with van der Waals surface area (Å²) in [6.07, 6.45) is 0. The molecule has 2 aromatic rings.